The molecular weight excluding hydrogens is 177 g/mol. The summed E-state index contributed by atoms with van der Waals surface area (Å²) in [6.07, 6.45) is 2.57. The molecule has 0 saturated carbocycles. The van der Waals surface area contributed by atoms with Crippen molar-refractivity contribution >= 4 is 5.69 Å². The number of rotatable bonds is 1. The van der Waals surface area contributed by atoms with Crippen molar-refractivity contribution in [2.24, 2.45) is 5.92 Å². The molecule has 1 aliphatic rings. The van der Waals surface area contributed by atoms with Crippen molar-refractivity contribution in [3.8, 4) is 0 Å². The molecule has 0 radical (unpaired) electrons. The van der Waals surface area contributed by atoms with E-state index in [9.17, 15) is 4.39 Å². The SMILES string of the molecule is CC1CCCN(c2ccc(F)cc2)C1. The first-order valence-corrected chi connectivity index (χ1v) is 5.26. The molecule has 1 heterocycles. The molecule has 0 amide bonds. The molecular formula is C12H16FN. The van der Waals surface area contributed by atoms with E-state index in [0.717, 1.165) is 24.7 Å². The highest BCUT2D eigenvalue weighted by Gasteiger charge is 2.16. The summed E-state index contributed by atoms with van der Waals surface area (Å²) >= 11 is 0. The maximum absolute atomic E-state index is 12.7. The average molecular weight is 193 g/mol. The highest BCUT2D eigenvalue weighted by molar-refractivity contribution is 5.46. The van der Waals surface area contributed by atoms with Gasteiger partial charge >= 0.3 is 0 Å². The van der Waals surface area contributed by atoms with Crippen molar-refractivity contribution in [1.29, 1.82) is 0 Å². The number of benzene rings is 1. The largest absolute Gasteiger partial charge is 0.371 e. The zero-order valence-electron chi connectivity index (χ0n) is 8.54. The minimum Gasteiger partial charge on any atom is -0.371 e. The van der Waals surface area contributed by atoms with Crippen molar-refractivity contribution in [3.05, 3.63) is 30.1 Å². The molecule has 1 aromatic rings. The minimum absolute atomic E-state index is 0.154. The van der Waals surface area contributed by atoms with E-state index in [1.54, 1.807) is 0 Å². The third-order valence-corrected chi connectivity index (χ3v) is 2.85. The molecule has 1 fully saturated rings. The fourth-order valence-corrected chi connectivity index (χ4v) is 2.08. The second kappa shape index (κ2) is 3.99. The Labute approximate surface area is 84.5 Å². The summed E-state index contributed by atoms with van der Waals surface area (Å²) in [5.41, 5.74) is 1.15. The summed E-state index contributed by atoms with van der Waals surface area (Å²) in [5.74, 6) is 0.604. The van der Waals surface area contributed by atoms with E-state index in [-0.39, 0.29) is 5.82 Å². The normalized spacial score (nSPS) is 22.4. The van der Waals surface area contributed by atoms with Crippen LogP contribution in [0.1, 0.15) is 19.8 Å². The maximum atomic E-state index is 12.7. The summed E-state index contributed by atoms with van der Waals surface area (Å²) in [6.45, 7) is 4.48. The van der Waals surface area contributed by atoms with Crippen LogP contribution in [-0.4, -0.2) is 13.1 Å². The first-order valence-electron chi connectivity index (χ1n) is 5.26. The van der Waals surface area contributed by atoms with Gasteiger partial charge in [0.25, 0.3) is 0 Å². The first kappa shape index (κ1) is 9.50. The number of nitrogens with zero attached hydrogens (tertiary/aromatic N) is 1. The Balaban J connectivity index is 2.10. The van der Waals surface area contributed by atoms with E-state index >= 15 is 0 Å². The lowest BCUT2D eigenvalue weighted by Gasteiger charge is -2.32. The Morgan fingerprint density at radius 1 is 1.29 bits per heavy atom. The Kier molecular flexibility index (Phi) is 2.71. The van der Waals surface area contributed by atoms with E-state index in [0.29, 0.717) is 0 Å². The van der Waals surface area contributed by atoms with Crippen molar-refractivity contribution < 1.29 is 4.39 Å². The molecule has 2 rings (SSSR count). The molecule has 0 aliphatic carbocycles. The second-order valence-electron chi connectivity index (χ2n) is 4.17. The predicted molar refractivity (Wildman–Crippen MR) is 57.0 cm³/mol. The average Bonchev–Trinajstić information content (AvgIpc) is 2.19. The van der Waals surface area contributed by atoms with Crippen molar-refractivity contribution in [2.75, 3.05) is 18.0 Å². The van der Waals surface area contributed by atoms with Crippen LogP contribution in [0.3, 0.4) is 0 Å². The Hall–Kier alpha value is -1.05. The van der Waals surface area contributed by atoms with Crippen molar-refractivity contribution in [2.45, 2.75) is 19.8 Å². The van der Waals surface area contributed by atoms with Crippen LogP contribution in [0.5, 0.6) is 0 Å². The van der Waals surface area contributed by atoms with Crippen LogP contribution in [0.25, 0.3) is 0 Å². The van der Waals surface area contributed by atoms with Gasteiger partial charge in [-0.05, 0) is 43.0 Å². The smallest absolute Gasteiger partial charge is 0.123 e. The Morgan fingerprint density at radius 3 is 2.64 bits per heavy atom. The highest BCUT2D eigenvalue weighted by atomic mass is 19.1. The van der Waals surface area contributed by atoms with Crippen LogP contribution in [0.4, 0.5) is 10.1 Å². The van der Waals surface area contributed by atoms with Gasteiger partial charge in [0.1, 0.15) is 5.82 Å². The van der Waals surface area contributed by atoms with Crippen molar-refractivity contribution in [3.63, 3.8) is 0 Å². The van der Waals surface area contributed by atoms with E-state index in [4.69, 9.17) is 0 Å². The lowest BCUT2D eigenvalue weighted by atomic mass is 10.00. The maximum Gasteiger partial charge on any atom is 0.123 e. The summed E-state index contributed by atoms with van der Waals surface area (Å²) in [4.78, 5) is 2.34. The zero-order valence-corrected chi connectivity index (χ0v) is 8.54. The molecule has 1 atom stereocenters. The number of halogens is 1. The number of hydrogen-bond acceptors (Lipinski definition) is 1. The van der Waals surface area contributed by atoms with E-state index < -0.39 is 0 Å². The summed E-state index contributed by atoms with van der Waals surface area (Å²) in [5, 5.41) is 0. The minimum atomic E-state index is -0.154. The van der Waals surface area contributed by atoms with Crippen LogP contribution in [-0.2, 0) is 0 Å². The molecule has 76 valence electrons. The predicted octanol–water partition coefficient (Wildman–Crippen LogP) is 3.06. The molecule has 1 nitrogen and oxygen atoms in total. The van der Waals surface area contributed by atoms with Gasteiger partial charge < -0.3 is 4.90 Å². The van der Waals surface area contributed by atoms with Gasteiger partial charge in [0.05, 0.1) is 0 Å². The first-order chi connectivity index (χ1) is 6.75. The molecule has 0 spiro atoms. The van der Waals surface area contributed by atoms with Crippen molar-refractivity contribution in [1.82, 2.24) is 0 Å². The van der Waals surface area contributed by atoms with Crippen LogP contribution in [0.15, 0.2) is 24.3 Å². The second-order valence-corrected chi connectivity index (χ2v) is 4.17. The number of hydrogen-bond donors (Lipinski definition) is 0. The van der Waals surface area contributed by atoms with Gasteiger partial charge in [0.2, 0.25) is 0 Å². The van der Waals surface area contributed by atoms with Gasteiger partial charge in [0.15, 0.2) is 0 Å². The molecule has 1 aromatic carbocycles. The quantitative estimate of drug-likeness (QED) is 0.662. The van der Waals surface area contributed by atoms with Crippen LogP contribution < -0.4 is 4.90 Å². The fraction of sp³-hybridized carbons (Fsp3) is 0.500. The molecule has 1 unspecified atom stereocenters. The lowest BCUT2D eigenvalue weighted by molar-refractivity contribution is 0.446. The Morgan fingerprint density at radius 2 is 2.00 bits per heavy atom. The van der Waals surface area contributed by atoms with Gasteiger partial charge in [0, 0.05) is 18.8 Å². The zero-order chi connectivity index (χ0) is 9.97. The number of anilines is 1. The lowest BCUT2D eigenvalue weighted by Crippen LogP contribution is -2.34. The molecule has 14 heavy (non-hydrogen) atoms. The van der Waals surface area contributed by atoms with E-state index in [1.807, 2.05) is 12.1 Å². The molecule has 0 N–H and O–H groups in total. The molecule has 1 aliphatic heterocycles. The third kappa shape index (κ3) is 2.06. The van der Waals surface area contributed by atoms with Crippen LogP contribution in [0.2, 0.25) is 0 Å². The third-order valence-electron chi connectivity index (χ3n) is 2.85. The fourth-order valence-electron chi connectivity index (χ4n) is 2.08. The standard InChI is InChI=1S/C12H16FN/c1-10-3-2-8-14(9-10)12-6-4-11(13)5-7-12/h4-7,10H,2-3,8-9H2,1H3. The molecule has 2 heteroatoms. The van der Waals surface area contributed by atoms with Crippen LogP contribution in [0, 0.1) is 11.7 Å². The van der Waals surface area contributed by atoms with Gasteiger partial charge in [-0.25, -0.2) is 4.39 Å². The summed E-state index contributed by atoms with van der Waals surface area (Å²) < 4.78 is 12.7. The molecule has 0 aromatic heterocycles. The van der Waals surface area contributed by atoms with E-state index in [1.165, 1.54) is 25.0 Å². The highest BCUT2D eigenvalue weighted by Crippen LogP contribution is 2.22. The summed E-state index contributed by atoms with van der Waals surface area (Å²) in [7, 11) is 0. The summed E-state index contributed by atoms with van der Waals surface area (Å²) in [6, 6.07) is 6.81. The van der Waals surface area contributed by atoms with Gasteiger partial charge in [-0.1, -0.05) is 6.92 Å². The van der Waals surface area contributed by atoms with Gasteiger partial charge in [-0.2, -0.15) is 0 Å². The van der Waals surface area contributed by atoms with E-state index in [2.05, 4.69) is 11.8 Å². The monoisotopic (exact) mass is 193 g/mol. The topological polar surface area (TPSA) is 3.24 Å². The number of piperidine rings is 1. The van der Waals surface area contributed by atoms with Gasteiger partial charge in [-0.15, -0.1) is 0 Å². The molecule has 0 bridgehead atoms. The molecule has 1 saturated heterocycles. The Bertz CT molecular complexity index is 294. The van der Waals surface area contributed by atoms with Crippen LogP contribution >= 0.6 is 0 Å². The van der Waals surface area contributed by atoms with Gasteiger partial charge in [-0.3, -0.25) is 0 Å².